The van der Waals surface area contributed by atoms with E-state index < -0.39 is 5.97 Å². The van der Waals surface area contributed by atoms with E-state index in [1.54, 1.807) is 0 Å². The Labute approximate surface area is 170 Å². The van der Waals surface area contributed by atoms with Crippen molar-refractivity contribution in [2.24, 2.45) is 52.1 Å². The number of Topliss-reactive ketones (excluding diaryl/α,β-unsaturated/α-hetero) is 1. The van der Waals surface area contributed by atoms with Gasteiger partial charge in [0.05, 0.1) is 5.92 Å². The molecule has 4 rings (SSSR count). The largest absolute Gasteiger partial charge is 0.481 e. The molecular formula is C24H39NO3. The standard InChI is InChI=1S/C24H39NO3/c1-5-15-20(26)19-17-9-8-16(14(2)21(27)28)22(17,3)13-10-18(19)23(4)11-6-7-12-24(15,23)25/h14-19H,5-13,25H2,1-4H3,(H,27,28)/t14-,15-,16?,17-,18-,19-,22?,23?,24?/m0/s1. The van der Waals surface area contributed by atoms with Crippen LogP contribution in [0.15, 0.2) is 0 Å². The highest BCUT2D eigenvalue weighted by atomic mass is 16.4. The molecule has 0 aromatic carbocycles. The Morgan fingerprint density at radius 3 is 2.46 bits per heavy atom. The minimum absolute atomic E-state index is 0.0213. The first kappa shape index (κ1) is 20.4. The molecule has 0 spiro atoms. The normalized spacial score (nSPS) is 51.8. The maximum atomic E-state index is 13.9. The monoisotopic (exact) mass is 389 g/mol. The molecule has 0 aliphatic heterocycles. The maximum Gasteiger partial charge on any atom is 0.306 e. The van der Waals surface area contributed by atoms with Crippen LogP contribution >= 0.6 is 0 Å². The predicted molar refractivity (Wildman–Crippen MR) is 110 cm³/mol. The molecule has 4 aliphatic carbocycles. The SMILES string of the molecule is CC[C@H]1C(=O)[C@H]2[C@@H]3CCC([C@H](C)C(=O)O)C3(C)CC[C@@H]2C2(C)CCCCC12N. The van der Waals surface area contributed by atoms with Gasteiger partial charge in [-0.15, -0.1) is 0 Å². The lowest BCUT2D eigenvalue weighted by Crippen LogP contribution is -2.72. The van der Waals surface area contributed by atoms with Crippen molar-refractivity contribution in [3.05, 3.63) is 0 Å². The van der Waals surface area contributed by atoms with Gasteiger partial charge in [0.1, 0.15) is 5.78 Å². The number of aliphatic carboxylic acids is 1. The van der Waals surface area contributed by atoms with E-state index in [0.29, 0.717) is 17.6 Å². The topological polar surface area (TPSA) is 80.4 Å². The van der Waals surface area contributed by atoms with Crippen molar-refractivity contribution in [1.29, 1.82) is 0 Å². The molecule has 0 aromatic rings. The summed E-state index contributed by atoms with van der Waals surface area (Å²) in [5.41, 5.74) is 6.81. The smallest absolute Gasteiger partial charge is 0.306 e. The van der Waals surface area contributed by atoms with Gasteiger partial charge in [0.25, 0.3) is 0 Å². The Morgan fingerprint density at radius 1 is 1.14 bits per heavy atom. The zero-order chi connectivity index (χ0) is 20.5. The number of carbonyl (C=O) groups is 2. The van der Waals surface area contributed by atoms with Gasteiger partial charge in [-0.2, -0.15) is 0 Å². The highest BCUT2D eigenvalue weighted by molar-refractivity contribution is 5.87. The third-order valence-electron chi connectivity index (χ3n) is 10.5. The molecule has 0 bridgehead atoms. The molecule has 0 aromatic heterocycles. The number of hydrogen-bond acceptors (Lipinski definition) is 3. The molecule has 9 atom stereocenters. The number of fused-ring (bicyclic) bond motifs is 5. The minimum atomic E-state index is -0.685. The molecule has 4 unspecified atom stereocenters. The van der Waals surface area contributed by atoms with Crippen molar-refractivity contribution in [1.82, 2.24) is 0 Å². The average molecular weight is 390 g/mol. The predicted octanol–water partition coefficient (Wildman–Crippen LogP) is 4.65. The molecule has 158 valence electrons. The number of carboxylic acid groups (broad SMARTS) is 1. The molecule has 0 radical (unpaired) electrons. The van der Waals surface area contributed by atoms with E-state index in [2.05, 4.69) is 20.8 Å². The van der Waals surface area contributed by atoms with Gasteiger partial charge in [0, 0.05) is 17.4 Å². The second-order valence-electron chi connectivity index (χ2n) is 11.1. The third-order valence-corrected chi connectivity index (χ3v) is 10.5. The molecule has 3 N–H and O–H groups in total. The summed E-state index contributed by atoms with van der Waals surface area (Å²) in [7, 11) is 0. The molecule has 0 heterocycles. The summed E-state index contributed by atoms with van der Waals surface area (Å²) in [4.78, 5) is 25.6. The van der Waals surface area contributed by atoms with Crippen LogP contribution in [0.5, 0.6) is 0 Å². The van der Waals surface area contributed by atoms with Crippen molar-refractivity contribution in [3.63, 3.8) is 0 Å². The van der Waals surface area contributed by atoms with Crippen molar-refractivity contribution in [2.45, 2.75) is 91.0 Å². The summed E-state index contributed by atoms with van der Waals surface area (Å²) in [6, 6.07) is 0. The van der Waals surface area contributed by atoms with Crippen LogP contribution in [0.2, 0.25) is 0 Å². The highest BCUT2D eigenvalue weighted by Gasteiger charge is 2.68. The van der Waals surface area contributed by atoms with E-state index in [0.717, 1.165) is 51.4 Å². The second kappa shape index (κ2) is 6.55. The Morgan fingerprint density at radius 2 is 1.82 bits per heavy atom. The van der Waals surface area contributed by atoms with Gasteiger partial charge in [0.15, 0.2) is 0 Å². The molecular weight excluding hydrogens is 350 g/mol. The Hall–Kier alpha value is -0.900. The van der Waals surface area contributed by atoms with Crippen LogP contribution < -0.4 is 5.73 Å². The van der Waals surface area contributed by atoms with Crippen molar-refractivity contribution >= 4 is 11.8 Å². The second-order valence-corrected chi connectivity index (χ2v) is 11.1. The first-order chi connectivity index (χ1) is 13.1. The molecule has 4 fully saturated rings. The van der Waals surface area contributed by atoms with Crippen molar-refractivity contribution in [2.75, 3.05) is 0 Å². The van der Waals surface area contributed by atoms with Crippen molar-refractivity contribution < 1.29 is 14.7 Å². The lowest BCUT2D eigenvalue weighted by Gasteiger charge is -2.66. The number of ketones is 1. The fraction of sp³-hybridized carbons (Fsp3) is 0.917. The van der Waals surface area contributed by atoms with Crippen LogP contribution in [0, 0.1) is 46.3 Å². The van der Waals surface area contributed by atoms with Gasteiger partial charge in [-0.05, 0) is 73.5 Å². The van der Waals surface area contributed by atoms with E-state index in [9.17, 15) is 14.7 Å². The summed E-state index contributed by atoms with van der Waals surface area (Å²) < 4.78 is 0. The van der Waals surface area contributed by atoms with Crippen LogP contribution in [0.3, 0.4) is 0 Å². The number of hydrogen-bond donors (Lipinski definition) is 2. The first-order valence-electron chi connectivity index (χ1n) is 11.7. The summed E-state index contributed by atoms with van der Waals surface area (Å²) in [5.74, 6) is 0.378. The average Bonchev–Trinajstić information content (AvgIpc) is 2.99. The number of nitrogens with two attached hydrogens (primary N) is 1. The Balaban J connectivity index is 1.75. The number of rotatable bonds is 3. The molecule has 4 heteroatoms. The summed E-state index contributed by atoms with van der Waals surface area (Å²) >= 11 is 0. The van der Waals surface area contributed by atoms with Gasteiger partial charge in [-0.25, -0.2) is 0 Å². The lowest BCUT2D eigenvalue weighted by molar-refractivity contribution is -0.173. The summed E-state index contributed by atoms with van der Waals surface area (Å²) in [6.45, 7) is 8.71. The molecule has 28 heavy (non-hydrogen) atoms. The van der Waals surface area contributed by atoms with Gasteiger partial charge in [-0.3, -0.25) is 9.59 Å². The van der Waals surface area contributed by atoms with Crippen LogP contribution in [-0.4, -0.2) is 22.4 Å². The van der Waals surface area contributed by atoms with Gasteiger partial charge in [0.2, 0.25) is 0 Å². The van der Waals surface area contributed by atoms with Crippen LogP contribution in [0.1, 0.15) is 85.5 Å². The van der Waals surface area contributed by atoms with Gasteiger partial charge < -0.3 is 10.8 Å². The minimum Gasteiger partial charge on any atom is -0.481 e. The third kappa shape index (κ3) is 2.39. The zero-order valence-corrected chi connectivity index (χ0v) is 18.2. The van der Waals surface area contributed by atoms with Gasteiger partial charge >= 0.3 is 5.97 Å². The van der Waals surface area contributed by atoms with E-state index in [1.807, 2.05) is 6.92 Å². The lowest BCUT2D eigenvalue weighted by atomic mass is 9.39. The maximum absolute atomic E-state index is 13.9. The number of carboxylic acids is 1. The quantitative estimate of drug-likeness (QED) is 0.736. The number of carbonyl (C=O) groups excluding carboxylic acids is 1. The zero-order valence-electron chi connectivity index (χ0n) is 18.2. The van der Waals surface area contributed by atoms with E-state index in [4.69, 9.17) is 5.73 Å². The molecule has 4 saturated carbocycles. The van der Waals surface area contributed by atoms with Crippen LogP contribution in [-0.2, 0) is 9.59 Å². The van der Waals surface area contributed by atoms with Crippen LogP contribution in [0.25, 0.3) is 0 Å². The summed E-state index contributed by atoms with van der Waals surface area (Å²) in [5, 5.41) is 9.66. The van der Waals surface area contributed by atoms with Crippen molar-refractivity contribution in [3.8, 4) is 0 Å². The van der Waals surface area contributed by atoms with E-state index in [-0.39, 0.29) is 40.0 Å². The fourth-order valence-electron chi connectivity index (χ4n) is 8.87. The Kier molecular flexibility index (Phi) is 4.77. The summed E-state index contributed by atoms with van der Waals surface area (Å²) in [6.07, 6.45) is 9.39. The molecule has 4 aliphatic rings. The molecule has 0 saturated heterocycles. The first-order valence-corrected chi connectivity index (χ1v) is 11.7. The Bertz CT molecular complexity index is 677. The van der Waals surface area contributed by atoms with Gasteiger partial charge in [-0.1, -0.05) is 40.5 Å². The molecule has 0 amide bonds. The van der Waals surface area contributed by atoms with Crippen LogP contribution in [0.4, 0.5) is 0 Å². The highest BCUT2D eigenvalue weighted by Crippen LogP contribution is 2.69. The molecule has 4 nitrogen and oxygen atoms in total. The van der Waals surface area contributed by atoms with E-state index >= 15 is 0 Å². The fourth-order valence-corrected chi connectivity index (χ4v) is 8.87. The van der Waals surface area contributed by atoms with E-state index in [1.165, 1.54) is 6.42 Å².